The lowest BCUT2D eigenvalue weighted by atomic mass is 9.96. The summed E-state index contributed by atoms with van der Waals surface area (Å²) in [6.07, 6.45) is 0.127. The first-order valence-corrected chi connectivity index (χ1v) is 7.16. The number of rotatable bonds is 4. The van der Waals surface area contributed by atoms with Crippen LogP contribution in [-0.2, 0) is 19.6 Å². The molecule has 2 rings (SSSR count). The summed E-state index contributed by atoms with van der Waals surface area (Å²) in [5.74, 6) is 0. The van der Waals surface area contributed by atoms with E-state index in [1.807, 2.05) is 6.20 Å². The fourth-order valence-electron chi connectivity index (χ4n) is 2.18. The van der Waals surface area contributed by atoms with Gasteiger partial charge in [-0.3, -0.25) is 4.68 Å². The molecule has 114 valence electrons. The smallest absolute Gasteiger partial charge is 0.324 e. The van der Waals surface area contributed by atoms with E-state index in [1.54, 1.807) is 24.0 Å². The van der Waals surface area contributed by atoms with Crippen LogP contribution in [0, 0.1) is 0 Å². The highest BCUT2D eigenvalue weighted by atomic mass is 79.9. The first-order chi connectivity index (χ1) is 9.77. The summed E-state index contributed by atoms with van der Waals surface area (Å²) < 4.78 is 41.2. The van der Waals surface area contributed by atoms with Crippen LogP contribution >= 0.6 is 15.9 Å². The SMILES string of the molecule is Cn1cc(CCC(N)c2ccc(Br)cc2C(F)(F)F)cn1. The summed E-state index contributed by atoms with van der Waals surface area (Å²) in [5, 5.41) is 4.03. The van der Waals surface area contributed by atoms with Crippen molar-refractivity contribution in [1.29, 1.82) is 0 Å². The normalized spacial score (nSPS) is 13.4. The van der Waals surface area contributed by atoms with Crippen LogP contribution < -0.4 is 5.73 Å². The molecular formula is C14H15BrF3N3. The van der Waals surface area contributed by atoms with Crippen molar-refractivity contribution in [1.82, 2.24) is 9.78 Å². The Labute approximate surface area is 129 Å². The molecule has 0 saturated carbocycles. The molecule has 2 aromatic rings. The first-order valence-electron chi connectivity index (χ1n) is 6.37. The lowest BCUT2D eigenvalue weighted by molar-refractivity contribution is -0.138. The predicted molar refractivity (Wildman–Crippen MR) is 77.6 cm³/mol. The number of nitrogens with two attached hydrogens (primary N) is 1. The zero-order valence-electron chi connectivity index (χ0n) is 11.4. The molecule has 0 spiro atoms. The first kappa shape index (κ1) is 16.0. The molecule has 1 heterocycles. The maximum atomic E-state index is 13.1. The van der Waals surface area contributed by atoms with Gasteiger partial charge in [0.2, 0.25) is 0 Å². The highest BCUT2D eigenvalue weighted by Crippen LogP contribution is 2.36. The number of benzene rings is 1. The molecule has 1 aromatic carbocycles. The van der Waals surface area contributed by atoms with Crippen LogP contribution in [0.25, 0.3) is 0 Å². The van der Waals surface area contributed by atoms with Gasteiger partial charge in [0, 0.05) is 23.8 Å². The summed E-state index contributed by atoms with van der Waals surface area (Å²) in [7, 11) is 1.79. The van der Waals surface area contributed by atoms with E-state index in [0.29, 0.717) is 17.3 Å². The molecule has 1 aromatic heterocycles. The number of hydrogen-bond donors (Lipinski definition) is 1. The van der Waals surface area contributed by atoms with Gasteiger partial charge < -0.3 is 5.73 Å². The van der Waals surface area contributed by atoms with E-state index in [0.717, 1.165) is 11.6 Å². The number of aryl methyl sites for hydroxylation is 2. The molecule has 0 amide bonds. The monoisotopic (exact) mass is 361 g/mol. The van der Waals surface area contributed by atoms with Crippen molar-refractivity contribution in [2.45, 2.75) is 25.1 Å². The number of hydrogen-bond acceptors (Lipinski definition) is 2. The Morgan fingerprint density at radius 3 is 2.67 bits per heavy atom. The summed E-state index contributed by atoms with van der Waals surface area (Å²) in [6, 6.07) is 3.41. The van der Waals surface area contributed by atoms with Gasteiger partial charge >= 0.3 is 6.18 Å². The highest BCUT2D eigenvalue weighted by Gasteiger charge is 2.34. The van der Waals surface area contributed by atoms with Gasteiger partial charge in [-0.25, -0.2) is 0 Å². The second kappa shape index (κ2) is 6.19. The Morgan fingerprint density at radius 2 is 2.10 bits per heavy atom. The second-order valence-electron chi connectivity index (χ2n) is 4.90. The summed E-state index contributed by atoms with van der Waals surface area (Å²) in [4.78, 5) is 0. The molecule has 3 nitrogen and oxygen atoms in total. The third-order valence-electron chi connectivity index (χ3n) is 3.22. The molecule has 0 saturated heterocycles. The van der Waals surface area contributed by atoms with Crippen molar-refractivity contribution >= 4 is 15.9 Å². The Balaban J connectivity index is 2.17. The van der Waals surface area contributed by atoms with E-state index in [2.05, 4.69) is 21.0 Å². The fraction of sp³-hybridized carbons (Fsp3) is 0.357. The van der Waals surface area contributed by atoms with Crippen molar-refractivity contribution in [3.63, 3.8) is 0 Å². The number of nitrogens with zero attached hydrogens (tertiary/aromatic N) is 2. The lowest BCUT2D eigenvalue weighted by Gasteiger charge is -2.18. The van der Waals surface area contributed by atoms with Gasteiger partial charge in [0.15, 0.2) is 0 Å². The summed E-state index contributed by atoms with van der Waals surface area (Å²) >= 11 is 3.06. The van der Waals surface area contributed by atoms with Crippen LogP contribution in [0.2, 0.25) is 0 Å². The molecule has 0 fully saturated rings. The minimum absolute atomic E-state index is 0.120. The molecule has 0 aliphatic carbocycles. The van der Waals surface area contributed by atoms with Gasteiger partial charge in [0.05, 0.1) is 11.8 Å². The van der Waals surface area contributed by atoms with Gasteiger partial charge in [-0.05, 0) is 36.1 Å². The van der Waals surface area contributed by atoms with Crippen LogP contribution in [0.1, 0.15) is 29.2 Å². The fourth-order valence-corrected chi connectivity index (χ4v) is 2.54. The van der Waals surface area contributed by atoms with E-state index in [-0.39, 0.29) is 5.56 Å². The zero-order chi connectivity index (χ0) is 15.6. The standard InChI is InChI=1S/C14H15BrF3N3/c1-21-8-9(7-20-21)2-5-13(19)11-4-3-10(15)6-12(11)14(16,17)18/h3-4,6-8,13H,2,5,19H2,1H3. The van der Waals surface area contributed by atoms with Crippen LogP contribution in [0.5, 0.6) is 0 Å². The molecule has 2 N–H and O–H groups in total. The maximum absolute atomic E-state index is 13.1. The molecule has 1 atom stereocenters. The van der Waals surface area contributed by atoms with Gasteiger partial charge in [-0.2, -0.15) is 18.3 Å². The minimum atomic E-state index is -4.41. The second-order valence-corrected chi connectivity index (χ2v) is 5.81. The van der Waals surface area contributed by atoms with E-state index in [9.17, 15) is 13.2 Å². The minimum Gasteiger partial charge on any atom is -0.324 e. The van der Waals surface area contributed by atoms with E-state index < -0.39 is 17.8 Å². The lowest BCUT2D eigenvalue weighted by Crippen LogP contribution is -2.18. The molecule has 21 heavy (non-hydrogen) atoms. The largest absolute Gasteiger partial charge is 0.416 e. The number of aromatic nitrogens is 2. The average molecular weight is 362 g/mol. The Bertz CT molecular complexity index is 622. The van der Waals surface area contributed by atoms with E-state index in [4.69, 9.17) is 5.73 Å². The van der Waals surface area contributed by atoms with Crippen LogP contribution in [-0.4, -0.2) is 9.78 Å². The zero-order valence-corrected chi connectivity index (χ0v) is 12.9. The molecular weight excluding hydrogens is 347 g/mol. The molecule has 0 radical (unpaired) electrons. The van der Waals surface area contributed by atoms with Crippen molar-refractivity contribution < 1.29 is 13.2 Å². The van der Waals surface area contributed by atoms with Gasteiger partial charge in [-0.1, -0.05) is 22.0 Å². The van der Waals surface area contributed by atoms with E-state index >= 15 is 0 Å². The third-order valence-corrected chi connectivity index (χ3v) is 3.72. The van der Waals surface area contributed by atoms with Crippen molar-refractivity contribution in [3.05, 3.63) is 51.8 Å². The maximum Gasteiger partial charge on any atom is 0.416 e. The molecule has 7 heteroatoms. The summed E-state index contributed by atoms with van der Waals surface area (Å²) in [6.45, 7) is 0. The summed E-state index contributed by atoms with van der Waals surface area (Å²) in [5.41, 5.74) is 6.35. The number of halogens is 4. The molecule has 0 bridgehead atoms. The van der Waals surface area contributed by atoms with Crippen LogP contribution in [0.4, 0.5) is 13.2 Å². The van der Waals surface area contributed by atoms with Crippen molar-refractivity contribution in [3.8, 4) is 0 Å². The van der Waals surface area contributed by atoms with Crippen molar-refractivity contribution in [2.24, 2.45) is 12.8 Å². The third kappa shape index (κ3) is 4.07. The quantitative estimate of drug-likeness (QED) is 0.898. The topological polar surface area (TPSA) is 43.8 Å². The van der Waals surface area contributed by atoms with Crippen LogP contribution in [0.15, 0.2) is 35.1 Å². The Kier molecular flexibility index (Phi) is 4.73. The van der Waals surface area contributed by atoms with Crippen LogP contribution in [0.3, 0.4) is 0 Å². The van der Waals surface area contributed by atoms with Gasteiger partial charge in [-0.15, -0.1) is 0 Å². The van der Waals surface area contributed by atoms with E-state index in [1.165, 1.54) is 6.07 Å². The molecule has 0 aliphatic rings. The Hall–Kier alpha value is -1.34. The molecule has 1 unspecified atom stereocenters. The molecule has 0 aliphatic heterocycles. The number of alkyl halides is 3. The average Bonchev–Trinajstić information content (AvgIpc) is 2.81. The van der Waals surface area contributed by atoms with Gasteiger partial charge in [0.25, 0.3) is 0 Å². The van der Waals surface area contributed by atoms with Gasteiger partial charge in [0.1, 0.15) is 0 Å². The highest BCUT2D eigenvalue weighted by molar-refractivity contribution is 9.10. The predicted octanol–water partition coefficient (Wildman–Crippen LogP) is 3.83. The van der Waals surface area contributed by atoms with Crippen molar-refractivity contribution in [2.75, 3.05) is 0 Å². The Morgan fingerprint density at radius 1 is 1.38 bits per heavy atom.